The molecule has 5 rings (SSSR count). The number of halogens is 3. The molecule has 1 aliphatic heterocycles. The molecule has 1 aliphatic rings. The number of nitrogens with zero attached hydrogens (tertiary/aromatic N) is 5. The van der Waals surface area contributed by atoms with Crippen molar-refractivity contribution in [3.63, 3.8) is 0 Å². The van der Waals surface area contributed by atoms with E-state index in [1.165, 1.54) is 22.9 Å². The summed E-state index contributed by atoms with van der Waals surface area (Å²) in [7, 11) is 0. The molecule has 0 bridgehead atoms. The second-order valence-electron chi connectivity index (χ2n) is 9.61. The minimum atomic E-state index is -4.54. The van der Waals surface area contributed by atoms with Gasteiger partial charge < -0.3 is 10.6 Å². The Bertz CT molecular complexity index is 1560. The number of thiazole rings is 1. The van der Waals surface area contributed by atoms with Crippen LogP contribution in [0.5, 0.6) is 0 Å². The molecule has 9 nitrogen and oxygen atoms in total. The lowest BCUT2D eigenvalue weighted by molar-refractivity contribution is -0.137. The van der Waals surface area contributed by atoms with Crippen molar-refractivity contribution in [2.45, 2.75) is 39.4 Å². The Balaban J connectivity index is 1.37. The maximum Gasteiger partial charge on any atom is 0.416 e. The van der Waals surface area contributed by atoms with Gasteiger partial charge in [0.15, 0.2) is 5.13 Å². The number of carbonyl (C=O) groups is 2. The fourth-order valence-corrected chi connectivity index (χ4v) is 5.33. The van der Waals surface area contributed by atoms with E-state index < -0.39 is 17.6 Å². The second-order valence-corrected chi connectivity index (χ2v) is 10.6. The topological polar surface area (TPSA) is 105 Å². The number of amides is 2. The molecule has 0 spiro atoms. The summed E-state index contributed by atoms with van der Waals surface area (Å²) in [6, 6.07) is 8.63. The lowest BCUT2D eigenvalue weighted by Crippen LogP contribution is -2.20. The van der Waals surface area contributed by atoms with Gasteiger partial charge in [0, 0.05) is 30.9 Å². The number of carbonyl (C=O) groups excluding carboxylic acids is 2. The zero-order chi connectivity index (χ0) is 28.4. The van der Waals surface area contributed by atoms with Crippen LogP contribution in [0.2, 0.25) is 0 Å². The predicted molar refractivity (Wildman–Crippen MR) is 145 cm³/mol. The largest absolute Gasteiger partial charge is 0.416 e. The van der Waals surface area contributed by atoms with Gasteiger partial charge in [-0.2, -0.15) is 13.2 Å². The van der Waals surface area contributed by atoms with E-state index in [0.717, 1.165) is 43.6 Å². The van der Waals surface area contributed by atoms with E-state index in [1.54, 1.807) is 36.7 Å². The van der Waals surface area contributed by atoms with Crippen molar-refractivity contribution in [3.8, 4) is 16.3 Å². The van der Waals surface area contributed by atoms with Crippen LogP contribution in [0.1, 0.15) is 46.8 Å². The molecule has 2 aromatic heterocycles. The minimum absolute atomic E-state index is 0.0827. The molecule has 1 saturated heterocycles. The highest BCUT2D eigenvalue weighted by atomic mass is 32.1. The van der Waals surface area contributed by atoms with Gasteiger partial charge in [0.1, 0.15) is 5.69 Å². The molecular weight excluding hydrogens is 543 g/mol. The van der Waals surface area contributed by atoms with Crippen molar-refractivity contribution in [2.75, 3.05) is 23.7 Å². The molecule has 1 fully saturated rings. The summed E-state index contributed by atoms with van der Waals surface area (Å²) < 4.78 is 42.4. The Labute approximate surface area is 232 Å². The molecule has 0 radical (unpaired) electrons. The maximum absolute atomic E-state index is 13.6. The maximum atomic E-state index is 13.6. The van der Waals surface area contributed by atoms with Crippen LogP contribution in [0.25, 0.3) is 16.3 Å². The Morgan fingerprint density at radius 2 is 1.85 bits per heavy atom. The first-order chi connectivity index (χ1) is 19.0. The summed E-state index contributed by atoms with van der Waals surface area (Å²) in [4.78, 5) is 31.4. The van der Waals surface area contributed by atoms with E-state index in [1.807, 2.05) is 6.92 Å². The van der Waals surface area contributed by atoms with Gasteiger partial charge in [0.2, 0.25) is 5.91 Å². The molecule has 0 atom stereocenters. The van der Waals surface area contributed by atoms with Gasteiger partial charge in [0.25, 0.3) is 5.91 Å². The average molecular weight is 570 g/mol. The SMILES string of the molecule is CC(=O)Nc1ncc(-c2cn(-c3cc(C(=O)Nc4cc(CN5CCCC5)cc(C(F)(F)F)c4)ccc3C)nn2)s1. The van der Waals surface area contributed by atoms with E-state index >= 15 is 0 Å². The second kappa shape index (κ2) is 11.2. The number of anilines is 2. The number of rotatable bonds is 7. The number of aryl methyl sites for hydroxylation is 1. The van der Waals surface area contributed by atoms with Gasteiger partial charge in [-0.05, 0) is 74.3 Å². The van der Waals surface area contributed by atoms with Gasteiger partial charge in [0.05, 0.1) is 22.3 Å². The van der Waals surface area contributed by atoms with Crippen LogP contribution in [0.3, 0.4) is 0 Å². The molecule has 2 amide bonds. The van der Waals surface area contributed by atoms with E-state index in [2.05, 4.69) is 30.8 Å². The Kier molecular flexibility index (Phi) is 7.68. The fourth-order valence-electron chi connectivity index (χ4n) is 4.51. The lowest BCUT2D eigenvalue weighted by Gasteiger charge is -2.18. The summed E-state index contributed by atoms with van der Waals surface area (Å²) >= 11 is 1.24. The normalized spacial score (nSPS) is 13.9. The first-order valence-corrected chi connectivity index (χ1v) is 13.4. The standard InChI is InChI=1S/C27H26F3N7O2S/c1-16-5-6-19(11-23(16)37-15-22(34-35-37)24-13-31-26(40-24)32-17(2)38)25(39)33-21-10-18(14-36-7-3-4-8-36)9-20(12-21)27(28,29)30/h5-6,9-13,15H,3-4,7-8,14H2,1-2H3,(H,33,39)(H,31,32,38). The third-order valence-electron chi connectivity index (χ3n) is 6.44. The molecule has 3 heterocycles. The number of nitrogens with one attached hydrogen (secondary N) is 2. The van der Waals surface area contributed by atoms with Gasteiger partial charge in [-0.3, -0.25) is 14.5 Å². The molecule has 4 aromatic rings. The van der Waals surface area contributed by atoms with E-state index in [4.69, 9.17) is 0 Å². The number of likely N-dealkylation sites (tertiary alicyclic amines) is 1. The summed E-state index contributed by atoms with van der Waals surface area (Å²) in [5, 5.41) is 14.1. The molecule has 13 heteroatoms. The molecule has 0 saturated carbocycles. The number of benzene rings is 2. The molecule has 2 N–H and O–H groups in total. The number of hydrogen-bond acceptors (Lipinski definition) is 7. The Morgan fingerprint density at radius 3 is 2.58 bits per heavy atom. The highest BCUT2D eigenvalue weighted by Crippen LogP contribution is 2.33. The Morgan fingerprint density at radius 1 is 1.07 bits per heavy atom. The predicted octanol–water partition coefficient (Wildman–Crippen LogP) is 5.52. The van der Waals surface area contributed by atoms with Gasteiger partial charge >= 0.3 is 6.18 Å². The van der Waals surface area contributed by atoms with Crippen LogP contribution in [-0.4, -0.2) is 49.8 Å². The van der Waals surface area contributed by atoms with Crippen molar-refractivity contribution in [1.82, 2.24) is 24.9 Å². The van der Waals surface area contributed by atoms with Crippen molar-refractivity contribution < 1.29 is 22.8 Å². The van der Waals surface area contributed by atoms with Gasteiger partial charge in [-0.25, -0.2) is 9.67 Å². The molecule has 40 heavy (non-hydrogen) atoms. The number of aromatic nitrogens is 4. The van der Waals surface area contributed by atoms with Crippen LogP contribution >= 0.6 is 11.3 Å². The molecule has 208 valence electrons. The quantitative estimate of drug-likeness (QED) is 0.304. The monoisotopic (exact) mass is 569 g/mol. The van der Waals surface area contributed by atoms with E-state index in [0.29, 0.717) is 33.5 Å². The van der Waals surface area contributed by atoms with Gasteiger partial charge in [-0.15, -0.1) is 5.10 Å². The molecule has 0 unspecified atom stereocenters. The summed E-state index contributed by atoms with van der Waals surface area (Å²) in [6.45, 7) is 5.31. The Hall–Kier alpha value is -4.10. The van der Waals surface area contributed by atoms with Crippen molar-refractivity contribution in [1.29, 1.82) is 0 Å². The lowest BCUT2D eigenvalue weighted by atomic mass is 10.1. The van der Waals surface area contributed by atoms with E-state index in [9.17, 15) is 22.8 Å². The molecule has 2 aromatic carbocycles. The highest BCUT2D eigenvalue weighted by molar-refractivity contribution is 7.19. The van der Waals surface area contributed by atoms with E-state index in [-0.39, 0.29) is 17.2 Å². The van der Waals surface area contributed by atoms with Crippen molar-refractivity contribution >= 4 is 34.0 Å². The number of hydrogen-bond donors (Lipinski definition) is 2. The van der Waals surface area contributed by atoms with Crippen LogP contribution in [0.15, 0.2) is 48.8 Å². The smallest absolute Gasteiger partial charge is 0.322 e. The van der Waals surface area contributed by atoms with Gasteiger partial charge in [-0.1, -0.05) is 22.6 Å². The highest BCUT2D eigenvalue weighted by Gasteiger charge is 2.31. The fraction of sp³-hybridized carbons (Fsp3) is 0.296. The third-order valence-corrected chi connectivity index (χ3v) is 7.37. The van der Waals surface area contributed by atoms with Crippen LogP contribution in [0, 0.1) is 6.92 Å². The van der Waals surface area contributed by atoms with Crippen molar-refractivity contribution in [2.24, 2.45) is 0 Å². The van der Waals surface area contributed by atoms with Crippen LogP contribution in [0.4, 0.5) is 24.0 Å². The first-order valence-electron chi connectivity index (χ1n) is 12.6. The minimum Gasteiger partial charge on any atom is -0.322 e. The first kappa shape index (κ1) is 27.5. The average Bonchev–Trinajstić information content (AvgIpc) is 3.66. The summed E-state index contributed by atoms with van der Waals surface area (Å²) in [5.41, 5.74) is 1.94. The van der Waals surface area contributed by atoms with Crippen LogP contribution in [-0.2, 0) is 17.5 Å². The van der Waals surface area contributed by atoms with Crippen molar-refractivity contribution in [3.05, 3.63) is 71.0 Å². The zero-order valence-electron chi connectivity index (χ0n) is 21.7. The number of alkyl halides is 3. The third kappa shape index (κ3) is 6.37. The molecule has 0 aliphatic carbocycles. The summed E-state index contributed by atoms with van der Waals surface area (Å²) in [6.07, 6.45) is 0.756. The van der Waals surface area contributed by atoms with Crippen LogP contribution < -0.4 is 10.6 Å². The summed E-state index contributed by atoms with van der Waals surface area (Å²) in [5.74, 6) is -0.779. The zero-order valence-corrected chi connectivity index (χ0v) is 22.6. The molecular formula is C27H26F3N7O2S.